The third-order valence-corrected chi connectivity index (χ3v) is 3.37. The van der Waals surface area contributed by atoms with Crippen molar-refractivity contribution in [1.82, 2.24) is 10.2 Å². The molecule has 0 unspecified atom stereocenters. The number of hydrogen-bond acceptors (Lipinski definition) is 2. The van der Waals surface area contributed by atoms with E-state index in [4.69, 9.17) is 11.6 Å². The quantitative estimate of drug-likeness (QED) is 0.875. The number of rotatable bonds is 2. The zero-order valence-corrected chi connectivity index (χ0v) is 10.3. The van der Waals surface area contributed by atoms with Crippen LogP contribution >= 0.6 is 11.6 Å². The second-order valence-electron chi connectivity index (χ2n) is 4.17. The zero-order valence-electron chi connectivity index (χ0n) is 9.54. The van der Waals surface area contributed by atoms with Gasteiger partial charge >= 0.3 is 0 Å². The fourth-order valence-electron chi connectivity index (χ4n) is 1.91. The molecule has 0 bridgehead atoms. The van der Waals surface area contributed by atoms with Gasteiger partial charge in [0, 0.05) is 24.7 Å². The molecule has 3 nitrogen and oxygen atoms in total. The summed E-state index contributed by atoms with van der Waals surface area (Å²) in [5.74, 6) is -0.322. The maximum atomic E-state index is 12.9. The second kappa shape index (κ2) is 5.02. The fraction of sp³-hybridized carbons (Fsp3) is 0.417. The second-order valence-corrected chi connectivity index (χ2v) is 4.58. The lowest BCUT2D eigenvalue weighted by molar-refractivity contribution is -0.128. The number of piperazine rings is 1. The largest absolute Gasteiger partial charge is 0.353 e. The maximum Gasteiger partial charge on any atom is 0.237 e. The number of hydrogen-bond donors (Lipinski definition) is 1. The number of nitrogens with one attached hydrogen (secondary N) is 1. The standard InChI is InChI=1S/C12H14ClFN2O/c1-8-12(17)15-4-5-16(8)7-9-2-3-10(14)6-11(9)13/h2-3,6,8H,4-5,7H2,1H3,(H,15,17)/t8-/m0/s1. The number of benzene rings is 1. The first-order valence-electron chi connectivity index (χ1n) is 5.53. The van der Waals surface area contributed by atoms with Crippen LogP contribution in [0, 0.1) is 5.82 Å². The molecule has 1 aromatic rings. The van der Waals surface area contributed by atoms with E-state index < -0.39 is 0 Å². The van der Waals surface area contributed by atoms with E-state index in [1.54, 1.807) is 6.07 Å². The Bertz CT molecular complexity index is 439. The van der Waals surface area contributed by atoms with Crippen molar-refractivity contribution in [2.75, 3.05) is 13.1 Å². The smallest absolute Gasteiger partial charge is 0.237 e. The molecule has 1 atom stereocenters. The van der Waals surface area contributed by atoms with Crippen LogP contribution in [0.15, 0.2) is 18.2 Å². The lowest BCUT2D eigenvalue weighted by atomic mass is 10.1. The molecule has 0 saturated carbocycles. The van der Waals surface area contributed by atoms with Gasteiger partial charge in [-0.2, -0.15) is 0 Å². The highest BCUT2D eigenvalue weighted by Gasteiger charge is 2.25. The summed E-state index contributed by atoms with van der Waals surface area (Å²) in [6.07, 6.45) is 0. The van der Waals surface area contributed by atoms with Crippen LogP contribution < -0.4 is 5.32 Å². The molecule has 1 amide bonds. The molecule has 0 radical (unpaired) electrons. The minimum absolute atomic E-state index is 0.0227. The van der Waals surface area contributed by atoms with Crippen LogP contribution in [-0.4, -0.2) is 29.9 Å². The Morgan fingerprint density at radius 2 is 2.35 bits per heavy atom. The van der Waals surface area contributed by atoms with E-state index in [0.717, 1.165) is 12.1 Å². The molecule has 92 valence electrons. The highest BCUT2D eigenvalue weighted by molar-refractivity contribution is 6.31. The van der Waals surface area contributed by atoms with Gasteiger partial charge in [-0.1, -0.05) is 17.7 Å². The van der Waals surface area contributed by atoms with Crippen molar-refractivity contribution in [3.63, 3.8) is 0 Å². The topological polar surface area (TPSA) is 32.3 Å². The first-order chi connectivity index (χ1) is 8.08. The highest BCUT2D eigenvalue weighted by Crippen LogP contribution is 2.20. The molecule has 1 saturated heterocycles. The molecule has 1 aliphatic rings. The van der Waals surface area contributed by atoms with Gasteiger partial charge in [0.1, 0.15) is 5.82 Å². The minimum atomic E-state index is -0.344. The molecule has 1 heterocycles. The van der Waals surface area contributed by atoms with Gasteiger partial charge in [-0.15, -0.1) is 0 Å². The summed E-state index contributed by atoms with van der Waals surface area (Å²) in [5, 5.41) is 3.20. The Kier molecular flexibility index (Phi) is 3.64. The Morgan fingerprint density at radius 3 is 3.06 bits per heavy atom. The molecule has 1 N–H and O–H groups in total. The number of carbonyl (C=O) groups excluding carboxylic acids is 1. The van der Waals surface area contributed by atoms with Crippen LogP contribution in [0.2, 0.25) is 5.02 Å². The monoisotopic (exact) mass is 256 g/mol. The summed E-state index contributed by atoms with van der Waals surface area (Å²) in [6.45, 7) is 3.84. The molecular weight excluding hydrogens is 243 g/mol. The zero-order chi connectivity index (χ0) is 12.4. The van der Waals surface area contributed by atoms with Crippen molar-refractivity contribution < 1.29 is 9.18 Å². The van der Waals surface area contributed by atoms with E-state index in [9.17, 15) is 9.18 Å². The predicted octanol–water partition coefficient (Wildman–Crippen LogP) is 1.80. The SMILES string of the molecule is C[C@H]1C(=O)NCCN1Cc1ccc(F)cc1Cl. The van der Waals surface area contributed by atoms with E-state index in [2.05, 4.69) is 5.32 Å². The number of carbonyl (C=O) groups is 1. The Hall–Kier alpha value is -1.13. The van der Waals surface area contributed by atoms with E-state index in [1.165, 1.54) is 12.1 Å². The first-order valence-corrected chi connectivity index (χ1v) is 5.91. The number of halogens is 2. The Morgan fingerprint density at radius 1 is 1.59 bits per heavy atom. The number of amides is 1. The molecule has 1 aliphatic heterocycles. The summed E-state index contributed by atoms with van der Waals surface area (Å²) < 4.78 is 12.9. The number of nitrogens with zero attached hydrogens (tertiary/aromatic N) is 1. The van der Waals surface area contributed by atoms with Gasteiger partial charge in [0.2, 0.25) is 5.91 Å². The molecule has 1 aromatic carbocycles. The van der Waals surface area contributed by atoms with Crippen molar-refractivity contribution in [1.29, 1.82) is 0 Å². The van der Waals surface area contributed by atoms with E-state index >= 15 is 0 Å². The van der Waals surface area contributed by atoms with Gasteiger partial charge in [-0.25, -0.2) is 4.39 Å². The fourth-order valence-corrected chi connectivity index (χ4v) is 2.14. The van der Waals surface area contributed by atoms with Crippen molar-refractivity contribution in [2.45, 2.75) is 19.5 Å². The van der Waals surface area contributed by atoms with Crippen LogP contribution in [0.1, 0.15) is 12.5 Å². The molecule has 17 heavy (non-hydrogen) atoms. The summed E-state index contributed by atoms with van der Waals surface area (Å²) in [6, 6.07) is 4.17. The lowest BCUT2D eigenvalue weighted by Gasteiger charge is -2.32. The van der Waals surface area contributed by atoms with E-state index in [0.29, 0.717) is 18.1 Å². The molecule has 5 heteroatoms. The van der Waals surface area contributed by atoms with Gasteiger partial charge in [-0.05, 0) is 24.6 Å². The maximum absolute atomic E-state index is 12.9. The third-order valence-electron chi connectivity index (χ3n) is 3.01. The summed E-state index contributed by atoms with van der Waals surface area (Å²) >= 11 is 5.97. The first kappa shape index (κ1) is 12.3. The average molecular weight is 257 g/mol. The summed E-state index contributed by atoms with van der Waals surface area (Å²) in [5.41, 5.74) is 0.842. The molecule has 2 rings (SSSR count). The van der Waals surface area contributed by atoms with Crippen LogP contribution in [0.3, 0.4) is 0 Å². The van der Waals surface area contributed by atoms with Gasteiger partial charge in [0.05, 0.1) is 6.04 Å². The van der Waals surface area contributed by atoms with Crippen LogP contribution in [-0.2, 0) is 11.3 Å². The summed E-state index contributed by atoms with van der Waals surface area (Å²) in [4.78, 5) is 13.5. The normalized spacial score (nSPS) is 21.4. The molecule has 0 aliphatic carbocycles. The molecule has 0 spiro atoms. The molecular formula is C12H14ClFN2O. The molecule has 0 aromatic heterocycles. The van der Waals surface area contributed by atoms with E-state index in [1.807, 2.05) is 11.8 Å². The van der Waals surface area contributed by atoms with Gasteiger partial charge < -0.3 is 5.32 Å². The third kappa shape index (κ3) is 2.76. The highest BCUT2D eigenvalue weighted by atomic mass is 35.5. The van der Waals surface area contributed by atoms with Gasteiger partial charge in [0.15, 0.2) is 0 Å². The van der Waals surface area contributed by atoms with Crippen molar-refractivity contribution in [3.05, 3.63) is 34.6 Å². The van der Waals surface area contributed by atoms with Crippen molar-refractivity contribution >= 4 is 17.5 Å². The average Bonchev–Trinajstić information content (AvgIpc) is 2.28. The van der Waals surface area contributed by atoms with Gasteiger partial charge in [0.25, 0.3) is 0 Å². The predicted molar refractivity (Wildman–Crippen MR) is 64.3 cm³/mol. The van der Waals surface area contributed by atoms with Crippen LogP contribution in [0.5, 0.6) is 0 Å². The van der Waals surface area contributed by atoms with E-state index in [-0.39, 0.29) is 17.8 Å². The molecule has 1 fully saturated rings. The Labute approximate surface area is 105 Å². The van der Waals surface area contributed by atoms with Gasteiger partial charge in [-0.3, -0.25) is 9.69 Å². The van der Waals surface area contributed by atoms with Crippen LogP contribution in [0.25, 0.3) is 0 Å². The summed E-state index contributed by atoms with van der Waals surface area (Å²) in [7, 11) is 0. The van der Waals surface area contributed by atoms with Crippen LogP contribution in [0.4, 0.5) is 4.39 Å². The van der Waals surface area contributed by atoms with Crippen molar-refractivity contribution in [2.24, 2.45) is 0 Å². The Balaban J connectivity index is 2.12. The van der Waals surface area contributed by atoms with Crippen molar-refractivity contribution in [3.8, 4) is 0 Å². The minimum Gasteiger partial charge on any atom is -0.353 e. The lowest BCUT2D eigenvalue weighted by Crippen LogP contribution is -2.53.